The second kappa shape index (κ2) is 6.55. The number of halogens is 1. The summed E-state index contributed by atoms with van der Waals surface area (Å²) >= 11 is 4.79. The first-order valence-electron chi connectivity index (χ1n) is 6.88. The minimum absolute atomic E-state index is 0.230. The van der Waals surface area contributed by atoms with Crippen LogP contribution in [0, 0.1) is 13.8 Å². The maximum absolute atomic E-state index is 12.3. The molecule has 7 heteroatoms. The Labute approximate surface area is 145 Å². The molecule has 2 heterocycles. The van der Waals surface area contributed by atoms with Gasteiger partial charge in [0.25, 0.3) is 5.91 Å². The molecule has 3 aromatic rings. The first-order chi connectivity index (χ1) is 11.0. The third-order valence-electron chi connectivity index (χ3n) is 3.20. The van der Waals surface area contributed by atoms with Crippen molar-refractivity contribution in [2.75, 3.05) is 5.32 Å². The zero-order chi connectivity index (χ0) is 16.4. The van der Waals surface area contributed by atoms with Crippen molar-refractivity contribution in [2.24, 2.45) is 0 Å². The van der Waals surface area contributed by atoms with Gasteiger partial charge in [0, 0.05) is 10.0 Å². The van der Waals surface area contributed by atoms with Gasteiger partial charge in [-0.05, 0) is 38.1 Å². The number of hydrogen-bond donors (Lipinski definition) is 1. The standard InChI is InChI=1S/C16H13BrN4OS/c1-9-13(15(22)19-16-21-20-10(2)23-16)6-7-14(18-9)11-4-3-5-12(17)8-11/h3-8H,1-2H3,(H,19,21,22). The molecule has 5 nitrogen and oxygen atoms in total. The average Bonchev–Trinajstić information content (AvgIpc) is 2.92. The van der Waals surface area contributed by atoms with Crippen LogP contribution in [0.25, 0.3) is 11.3 Å². The van der Waals surface area contributed by atoms with E-state index in [1.165, 1.54) is 11.3 Å². The maximum Gasteiger partial charge on any atom is 0.259 e. The SMILES string of the molecule is Cc1nnc(NC(=O)c2ccc(-c3cccc(Br)c3)nc2C)s1. The molecular formula is C16H13BrN4OS. The smallest absolute Gasteiger partial charge is 0.259 e. The lowest BCUT2D eigenvalue weighted by atomic mass is 10.1. The quantitative estimate of drug-likeness (QED) is 0.728. The fourth-order valence-corrected chi connectivity index (χ4v) is 3.11. The Morgan fingerprint density at radius 3 is 2.65 bits per heavy atom. The number of carbonyl (C=O) groups is 1. The Hall–Kier alpha value is -2.12. The van der Waals surface area contributed by atoms with Crippen LogP contribution in [0.5, 0.6) is 0 Å². The zero-order valence-electron chi connectivity index (χ0n) is 12.5. The van der Waals surface area contributed by atoms with Crippen molar-refractivity contribution in [2.45, 2.75) is 13.8 Å². The van der Waals surface area contributed by atoms with Gasteiger partial charge in [-0.1, -0.05) is 39.4 Å². The molecule has 2 aromatic heterocycles. The lowest BCUT2D eigenvalue weighted by molar-refractivity contribution is 0.102. The van der Waals surface area contributed by atoms with Gasteiger partial charge in [0.15, 0.2) is 0 Å². The molecule has 0 radical (unpaired) electrons. The highest BCUT2D eigenvalue weighted by molar-refractivity contribution is 9.10. The second-order valence-corrected chi connectivity index (χ2v) is 7.02. The minimum Gasteiger partial charge on any atom is -0.296 e. The van der Waals surface area contributed by atoms with Gasteiger partial charge >= 0.3 is 0 Å². The number of carbonyl (C=O) groups excluding carboxylic acids is 1. The van der Waals surface area contributed by atoms with Gasteiger partial charge in [0.05, 0.1) is 17.0 Å². The predicted molar refractivity (Wildman–Crippen MR) is 94.7 cm³/mol. The summed E-state index contributed by atoms with van der Waals surface area (Å²) in [5.74, 6) is -0.230. The largest absolute Gasteiger partial charge is 0.296 e. The Bertz CT molecular complexity index is 878. The summed E-state index contributed by atoms with van der Waals surface area (Å²) in [4.78, 5) is 16.9. The second-order valence-electron chi connectivity index (χ2n) is 4.92. The molecular weight excluding hydrogens is 376 g/mol. The van der Waals surface area contributed by atoms with E-state index in [1.807, 2.05) is 44.2 Å². The lowest BCUT2D eigenvalue weighted by Crippen LogP contribution is -2.14. The van der Waals surface area contributed by atoms with Gasteiger partial charge in [0.2, 0.25) is 5.13 Å². The average molecular weight is 389 g/mol. The molecule has 23 heavy (non-hydrogen) atoms. The van der Waals surface area contributed by atoms with Gasteiger partial charge in [-0.2, -0.15) is 0 Å². The first-order valence-corrected chi connectivity index (χ1v) is 8.49. The van der Waals surface area contributed by atoms with Gasteiger partial charge in [-0.3, -0.25) is 15.1 Å². The van der Waals surface area contributed by atoms with Crippen LogP contribution < -0.4 is 5.32 Å². The summed E-state index contributed by atoms with van der Waals surface area (Å²) in [6, 6.07) is 11.5. The van der Waals surface area contributed by atoms with Crippen LogP contribution in [0.2, 0.25) is 0 Å². The number of aryl methyl sites for hydroxylation is 2. The first kappa shape index (κ1) is 15.8. The summed E-state index contributed by atoms with van der Waals surface area (Å²) in [5, 5.41) is 11.8. The molecule has 0 atom stereocenters. The zero-order valence-corrected chi connectivity index (χ0v) is 14.9. The van der Waals surface area contributed by atoms with Crippen molar-refractivity contribution in [1.29, 1.82) is 0 Å². The van der Waals surface area contributed by atoms with Crippen LogP contribution in [0.4, 0.5) is 5.13 Å². The summed E-state index contributed by atoms with van der Waals surface area (Å²) in [7, 11) is 0. The van der Waals surface area contributed by atoms with Crippen molar-refractivity contribution >= 4 is 38.3 Å². The van der Waals surface area contributed by atoms with E-state index in [0.29, 0.717) is 16.4 Å². The van der Waals surface area contributed by atoms with E-state index >= 15 is 0 Å². The Kier molecular flexibility index (Phi) is 4.49. The molecule has 3 rings (SSSR count). The van der Waals surface area contributed by atoms with Crippen LogP contribution in [0.15, 0.2) is 40.9 Å². The van der Waals surface area contributed by atoms with Crippen molar-refractivity contribution in [3.8, 4) is 11.3 Å². The number of benzene rings is 1. The molecule has 0 saturated carbocycles. The van der Waals surface area contributed by atoms with Crippen molar-refractivity contribution in [3.63, 3.8) is 0 Å². The van der Waals surface area contributed by atoms with E-state index in [4.69, 9.17) is 0 Å². The number of nitrogens with zero attached hydrogens (tertiary/aromatic N) is 3. The molecule has 0 saturated heterocycles. The molecule has 116 valence electrons. The van der Waals surface area contributed by atoms with Crippen LogP contribution in [-0.2, 0) is 0 Å². The van der Waals surface area contributed by atoms with E-state index in [1.54, 1.807) is 6.07 Å². The summed E-state index contributed by atoms with van der Waals surface area (Å²) < 4.78 is 0.989. The molecule has 0 bridgehead atoms. The molecule has 1 N–H and O–H groups in total. The van der Waals surface area contributed by atoms with Crippen molar-refractivity contribution in [1.82, 2.24) is 15.2 Å². The number of pyridine rings is 1. The van der Waals surface area contributed by atoms with Crippen LogP contribution >= 0.6 is 27.3 Å². The highest BCUT2D eigenvalue weighted by Crippen LogP contribution is 2.23. The van der Waals surface area contributed by atoms with Crippen molar-refractivity contribution in [3.05, 3.63) is 57.1 Å². The van der Waals surface area contributed by atoms with Crippen molar-refractivity contribution < 1.29 is 4.79 Å². The minimum atomic E-state index is -0.230. The number of anilines is 1. The third kappa shape index (κ3) is 3.62. The van der Waals surface area contributed by atoms with E-state index in [2.05, 4.69) is 36.4 Å². The Balaban J connectivity index is 1.85. The fourth-order valence-electron chi connectivity index (χ4n) is 2.12. The fraction of sp³-hybridized carbons (Fsp3) is 0.125. The van der Waals surface area contributed by atoms with Crippen LogP contribution in [-0.4, -0.2) is 21.1 Å². The van der Waals surface area contributed by atoms with Gasteiger partial charge in [0.1, 0.15) is 5.01 Å². The lowest BCUT2D eigenvalue weighted by Gasteiger charge is -2.07. The Morgan fingerprint density at radius 1 is 1.17 bits per heavy atom. The molecule has 0 aliphatic carbocycles. The normalized spacial score (nSPS) is 10.6. The number of nitrogens with one attached hydrogen (secondary N) is 1. The molecule has 0 unspecified atom stereocenters. The van der Waals surface area contributed by atoms with Gasteiger partial charge < -0.3 is 0 Å². The summed E-state index contributed by atoms with van der Waals surface area (Å²) in [6.07, 6.45) is 0. The summed E-state index contributed by atoms with van der Waals surface area (Å²) in [5.41, 5.74) is 3.01. The molecule has 1 aromatic carbocycles. The number of rotatable bonds is 3. The van der Waals surface area contributed by atoms with E-state index in [0.717, 1.165) is 20.7 Å². The monoisotopic (exact) mass is 388 g/mol. The van der Waals surface area contributed by atoms with Crippen LogP contribution in [0.3, 0.4) is 0 Å². The van der Waals surface area contributed by atoms with E-state index < -0.39 is 0 Å². The Morgan fingerprint density at radius 2 is 2.00 bits per heavy atom. The highest BCUT2D eigenvalue weighted by atomic mass is 79.9. The summed E-state index contributed by atoms with van der Waals surface area (Å²) in [6.45, 7) is 3.66. The molecule has 0 fully saturated rings. The third-order valence-corrected chi connectivity index (χ3v) is 4.44. The van der Waals surface area contributed by atoms with Gasteiger partial charge in [-0.25, -0.2) is 0 Å². The molecule has 0 aliphatic rings. The molecule has 1 amide bonds. The number of amides is 1. The van der Waals surface area contributed by atoms with Gasteiger partial charge in [-0.15, -0.1) is 10.2 Å². The van der Waals surface area contributed by atoms with E-state index in [9.17, 15) is 4.79 Å². The van der Waals surface area contributed by atoms with E-state index in [-0.39, 0.29) is 5.91 Å². The predicted octanol–water partition coefficient (Wildman–Crippen LogP) is 4.23. The number of hydrogen-bond acceptors (Lipinski definition) is 5. The molecule has 0 aliphatic heterocycles. The topological polar surface area (TPSA) is 67.8 Å². The highest BCUT2D eigenvalue weighted by Gasteiger charge is 2.13. The number of aromatic nitrogens is 3. The van der Waals surface area contributed by atoms with Crippen LogP contribution in [0.1, 0.15) is 21.1 Å². The molecule has 0 spiro atoms. The maximum atomic E-state index is 12.3.